The Labute approximate surface area is 133 Å². The normalized spacial score (nSPS) is 18.9. The molecule has 0 aromatic carbocycles. The van der Waals surface area contributed by atoms with Crippen LogP contribution in [0.1, 0.15) is 59.3 Å². The van der Waals surface area contributed by atoms with Crippen molar-refractivity contribution >= 4 is 8.56 Å². The number of hydrogen-bond donors (Lipinski definition) is 1. The van der Waals surface area contributed by atoms with Crippen LogP contribution in [0.2, 0.25) is 12.6 Å². The summed E-state index contributed by atoms with van der Waals surface area (Å²) < 4.78 is 11.9. The molecule has 0 aromatic rings. The fraction of sp³-hybridized carbons (Fsp3) is 1.00. The number of rotatable bonds is 11. The third-order valence-electron chi connectivity index (χ3n) is 4.57. The van der Waals surface area contributed by atoms with Gasteiger partial charge in [-0.25, -0.2) is 0 Å². The van der Waals surface area contributed by atoms with Crippen molar-refractivity contribution in [3.05, 3.63) is 0 Å². The molecule has 0 aromatic heterocycles. The van der Waals surface area contributed by atoms with Gasteiger partial charge >= 0.3 is 8.56 Å². The zero-order chi connectivity index (χ0) is 15.6. The van der Waals surface area contributed by atoms with Gasteiger partial charge in [0, 0.05) is 13.2 Å². The quantitative estimate of drug-likeness (QED) is 0.455. The van der Waals surface area contributed by atoms with E-state index in [-0.39, 0.29) is 0 Å². The van der Waals surface area contributed by atoms with Crippen LogP contribution in [-0.4, -0.2) is 34.9 Å². The second kappa shape index (κ2) is 10.8. The molecule has 1 saturated carbocycles. The molecule has 0 bridgehead atoms. The third-order valence-corrected chi connectivity index (χ3v) is 7.80. The van der Waals surface area contributed by atoms with Crippen molar-refractivity contribution < 1.29 is 8.85 Å². The van der Waals surface area contributed by atoms with E-state index >= 15 is 0 Å². The van der Waals surface area contributed by atoms with Gasteiger partial charge in [0.1, 0.15) is 0 Å². The monoisotopic (exact) mass is 315 g/mol. The molecule has 0 heterocycles. The Morgan fingerprint density at radius 2 is 1.71 bits per heavy atom. The average Bonchev–Trinajstić information content (AvgIpc) is 2.45. The van der Waals surface area contributed by atoms with E-state index in [1.807, 2.05) is 0 Å². The number of hydrogen-bond acceptors (Lipinski definition) is 3. The summed E-state index contributed by atoms with van der Waals surface area (Å²) in [5, 5.41) is 3.65. The van der Waals surface area contributed by atoms with Gasteiger partial charge in [-0.3, -0.25) is 0 Å². The highest BCUT2D eigenvalue weighted by atomic mass is 28.4. The highest BCUT2D eigenvalue weighted by Crippen LogP contribution is 2.25. The first-order valence-corrected chi connectivity index (χ1v) is 11.6. The molecule has 0 spiro atoms. The standard InChI is InChI=1S/C17H37NO2Si/c1-5-19-21(4,20-6-2)15-16(3)14-18-13-12-17-10-8-7-9-11-17/h16-18H,5-15H2,1-4H3. The van der Waals surface area contributed by atoms with Gasteiger partial charge in [0.05, 0.1) is 0 Å². The highest BCUT2D eigenvalue weighted by Gasteiger charge is 2.32. The van der Waals surface area contributed by atoms with Crippen molar-refractivity contribution in [3.63, 3.8) is 0 Å². The van der Waals surface area contributed by atoms with E-state index in [4.69, 9.17) is 8.85 Å². The van der Waals surface area contributed by atoms with E-state index in [9.17, 15) is 0 Å². The molecule has 1 aliphatic carbocycles. The van der Waals surface area contributed by atoms with Gasteiger partial charge in [0.2, 0.25) is 0 Å². The SMILES string of the molecule is CCO[Si](C)(CC(C)CNCCC1CCCCC1)OCC. The van der Waals surface area contributed by atoms with Crippen molar-refractivity contribution in [2.75, 3.05) is 26.3 Å². The Bertz CT molecular complexity index is 251. The van der Waals surface area contributed by atoms with Gasteiger partial charge < -0.3 is 14.2 Å². The zero-order valence-electron chi connectivity index (χ0n) is 14.7. The molecular formula is C17H37NO2Si. The molecule has 21 heavy (non-hydrogen) atoms. The van der Waals surface area contributed by atoms with Crippen LogP contribution in [0.4, 0.5) is 0 Å². The molecular weight excluding hydrogens is 278 g/mol. The summed E-state index contributed by atoms with van der Waals surface area (Å²) >= 11 is 0. The molecule has 1 unspecified atom stereocenters. The minimum atomic E-state index is -1.94. The van der Waals surface area contributed by atoms with Crippen LogP contribution in [0, 0.1) is 11.8 Å². The smallest absolute Gasteiger partial charge is 0.335 e. The maximum absolute atomic E-state index is 5.93. The molecule has 3 nitrogen and oxygen atoms in total. The van der Waals surface area contributed by atoms with Crippen molar-refractivity contribution in [2.45, 2.75) is 71.9 Å². The first kappa shape index (κ1) is 19.1. The average molecular weight is 316 g/mol. The molecule has 4 heteroatoms. The van der Waals surface area contributed by atoms with Gasteiger partial charge in [0.15, 0.2) is 0 Å². The molecule has 1 aliphatic rings. The third kappa shape index (κ3) is 8.34. The molecule has 1 rings (SSSR count). The second-order valence-corrected chi connectivity index (χ2v) is 10.1. The Morgan fingerprint density at radius 3 is 2.29 bits per heavy atom. The van der Waals surface area contributed by atoms with Crippen molar-refractivity contribution in [1.29, 1.82) is 0 Å². The van der Waals surface area contributed by atoms with Gasteiger partial charge in [0.25, 0.3) is 0 Å². The molecule has 1 N–H and O–H groups in total. The van der Waals surface area contributed by atoms with Crippen LogP contribution in [0.5, 0.6) is 0 Å². The lowest BCUT2D eigenvalue weighted by Crippen LogP contribution is -2.41. The largest absolute Gasteiger partial charge is 0.395 e. The van der Waals surface area contributed by atoms with Crippen LogP contribution in [0.15, 0.2) is 0 Å². The maximum atomic E-state index is 5.93. The van der Waals surface area contributed by atoms with Gasteiger partial charge in [-0.15, -0.1) is 0 Å². The minimum Gasteiger partial charge on any atom is -0.395 e. The summed E-state index contributed by atoms with van der Waals surface area (Å²) in [5.74, 6) is 1.61. The fourth-order valence-electron chi connectivity index (χ4n) is 3.61. The Morgan fingerprint density at radius 1 is 1.10 bits per heavy atom. The van der Waals surface area contributed by atoms with E-state index < -0.39 is 8.56 Å². The van der Waals surface area contributed by atoms with Crippen LogP contribution in [0.25, 0.3) is 0 Å². The lowest BCUT2D eigenvalue weighted by atomic mass is 9.87. The fourth-order valence-corrected chi connectivity index (χ4v) is 6.56. The first-order valence-electron chi connectivity index (χ1n) is 9.08. The molecule has 126 valence electrons. The predicted octanol–water partition coefficient (Wildman–Crippen LogP) is 4.33. The molecule has 1 fully saturated rings. The van der Waals surface area contributed by atoms with Crippen molar-refractivity contribution in [2.24, 2.45) is 11.8 Å². The van der Waals surface area contributed by atoms with E-state index in [2.05, 4.69) is 32.6 Å². The van der Waals surface area contributed by atoms with E-state index in [1.165, 1.54) is 45.1 Å². The van der Waals surface area contributed by atoms with Crippen molar-refractivity contribution in [1.82, 2.24) is 5.32 Å². The van der Waals surface area contributed by atoms with Crippen LogP contribution < -0.4 is 5.32 Å². The molecule has 0 amide bonds. The minimum absolute atomic E-state index is 0.631. The van der Waals surface area contributed by atoms with Crippen LogP contribution in [-0.2, 0) is 8.85 Å². The molecule has 0 radical (unpaired) electrons. The Kier molecular flexibility index (Phi) is 9.81. The Hall–Kier alpha value is 0.0969. The van der Waals surface area contributed by atoms with Crippen LogP contribution in [0.3, 0.4) is 0 Å². The summed E-state index contributed by atoms with van der Waals surface area (Å²) in [4.78, 5) is 0. The molecule has 0 saturated heterocycles. The Balaban J connectivity index is 2.15. The van der Waals surface area contributed by atoms with E-state index in [0.29, 0.717) is 5.92 Å². The summed E-state index contributed by atoms with van der Waals surface area (Å²) in [6.07, 6.45) is 8.63. The number of nitrogens with one attached hydrogen (secondary N) is 1. The topological polar surface area (TPSA) is 30.5 Å². The summed E-state index contributed by atoms with van der Waals surface area (Å²) in [5.41, 5.74) is 0. The lowest BCUT2D eigenvalue weighted by molar-refractivity contribution is 0.184. The zero-order valence-corrected chi connectivity index (χ0v) is 15.7. The van der Waals surface area contributed by atoms with E-state index in [1.54, 1.807) is 0 Å². The van der Waals surface area contributed by atoms with Gasteiger partial charge in [-0.1, -0.05) is 39.0 Å². The predicted molar refractivity (Wildman–Crippen MR) is 92.9 cm³/mol. The summed E-state index contributed by atoms with van der Waals surface area (Å²) in [6.45, 7) is 12.5. The van der Waals surface area contributed by atoms with E-state index in [0.717, 1.165) is 31.7 Å². The summed E-state index contributed by atoms with van der Waals surface area (Å²) in [6, 6.07) is 1.09. The highest BCUT2D eigenvalue weighted by molar-refractivity contribution is 6.66. The van der Waals surface area contributed by atoms with Gasteiger partial charge in [-0.2, -0.15) is 0 Å². The lowest BCUT2D eigenvalue weighted by Gasteiger charge is -2.29. The molecule has 1 atom stereocenters. The molecule has 0 aliphatic heterocycles. The maximum Gasteiger partial charge on any atom is 0.335 e. The van der Waals surface area contributed by atoms with Crippen LogP contribution >= 0.6 is 0 Å². The first-order chi connectivity index (χ1) is 10.1. The summed E-state index contributed by atoms with van der Waals surface area (Å²) in [7, 11) is -1.94. The van der Waals surface area contributed by atoms with Crippen molar-refractivity contribution in [3.8, 4) is 0 Å². The van der Waals surface area contributed by atoms with Gasteiger partial charge in [-0.05, 0) is 57.8 Å². The second-order valence-electron chi connectivity index (χ2n) is 6.81.